The molecule has 0 saturated carbocycles. The summed E-state index contributed by atoms with van der Waals surface area (Å²) < 4.78 is 55.3. The Labute approximate surface area is 144 Å². The van der Waals surface area contributed by atoms with E-state index in [-0.39, 0.29) is 24.6 Å². The number of hydrogen-bond acceptors (Lipinski definition) is 5. The second kappa shape index (κ2) is 5.83. The number of halogens is 3. The number of carbonyl (C=O) groups excluding carboxylic acids is 1. The molecule has 0 bridgehead atoms. The van der Waals surface area contributed by atoms with E-state index in [1.165, 1.54) is 11.0 Å². The summed E-state index contributed by atoms with van der Waals surface area (Å²) in [7, 11) is 0. The summed E-state index contributed by atoms with van der Waals surface area (Å²) in [5.41, 5.74) is -0.729. The molecule has 0 aliphatic carbocycles. The van der Waals surface area contributed by atoms with E-state index in [4.69, 9.17) is 14.2 Å². The van der Waals surface area contributed by atoms with Gasteiger partial charge in [0.15, 0.2) is 11.5 Å². The van der Waals surface area contributed by atoms with Gasteiger partial charge in [-0.2, -0.15) is 13.2 Å². The van der Waals surface area contributed by atoms with Gasteiger partial charge in [0.25, 0.3) is 5.91 Å². The van der Waals surface area contributed by atoms with Crippen molar-refractivity contribution >= 4 is 22.9 Å². The fourth-order valence-electron chi connectivity index (χ4n) is 2.74. The molecule has 1 aromatic carbocycles. The molecule has 0 saturated heterocycles. The van der Waals surface area contributed by atoms with E-state index < -0.39 is 17.6 Å². The maximum Gasteiger partial charge on any atom is 0.416 e. The fraction of sp³-hybridized carbons (Fsp3) is 0.312. The van der Waals surface area contributed by atoms with E-state index >= 15 is 0 Å². The van der Waals surface area contributed by atoms with Gasteiger partial charge < -0.3 is 19.1 Å². The molecule has 0 fully saturated rings. The maximum absolute atomic E-state index is 13.0. The van der Waals surface area contributed by atoms with Crippen LogP contribution in [0.3, 0.4) is 0 Å². The number of alkyl halides is 3. The van der Waals surface area contributed by atoms with Gasteiger partial charge in [0, 0.05) is 5.38 Å². The van der Waals surface area contributed by atoms with Crippen molar-refractivity contribution in [3.8, 4) is 17.2 Å². The Balaban J connectivity index is 1.73. The molecule has 4 rings (SSSR count). The molecular formula is C16H12F3NO4S. The number of fused-ring (bicyclic) bond motifs is 2. The molecule has 5 nitrogen and oxygen atoms in total. The van der Waals surface area contributed by atoms with Crippen molar-refractivity contribution in [1.82, 2.24) is 0 Å². The molecule has 0 spiro atoms. The minimum Gasteiger partial charge on any atom is -0.490 e. The van der Waals surface area contributed by atoms with Crippen molar-refractivity contribution in [3.63, 3.8) is 0 Å². The van der Waals surface area contributed by atoms with Crippen LogP contribution in [-0.4, -0.2) is 32.3 Å². The predicted octanol–water partition coefficient (Wildman–Crippen LogP) is 3.58. The molecule has 1 amide bonds. The average molecular weight is 371 g/mol. The van der Waals surface area contributed by atoms with Gasteiger partial charge in [-0.15, -0.1) is 11.3 Å². The number of ether oxygens (including phenoxy) is 3. The van der Waals surface area contributed by atoms with Crippen molar-refractivity contribution < 1.29 is 32.2 Å². The number of benzene rings is 1. The normalized spacial score (nSPS) is 16.2. The van der Waals surface area contributed by atoms with E-state index in [0.717, 1.165) is 23.5 Å². The predicted molar refractivity (Wildman–Crippen MR) is 83.9 cm³/mol. The van der Waals surface area contributed by atoms with E-state index in [2.05, 4.69) is 0 Å². The Morgan fingerprint density at radius 2 is 1.84 bits per heavy atom. The zero-order valence-electron chi connectivity index (χ0n) is 12.8. The third-order valence-corrected chi connectivity index (χ3v) is 4.82. The highest BCUT2D eigenvalue weighted by Gasteiger charge is 2.35. The van der Waals surface area contributed by atoms with Crippen LogP contribution < -0.4 is 19.1 Å². The zero-order valence-corrected chi connectivity index (χ0v) is 13.6. The monoisotopic (exact) mass is 371 g/mol. The lowest BCUT2D eigenvalue weighted by molar-refractivity contribution is -0.137. The van der Waals surface area contributed by atoms with Crippen molar-refractivity contribution in [1.29, 1.82) is 0 Å². The third-order valence-electron chi connectivity index (χ3n) is 3.89. The fourth-order valence-corrected chi connectivity index (χ4v) is 3.62. The number of amides is 1. The number of nitrogens with zero attached hydrogens (tertiary/aromatic N) is 1. The first-order chi connectivity index (χ1) is 11.9. The van der Waals surface area contributed by atoms with Gasteiger partial charge in [0.2, 0.25) is 0 Å². The summed E-state index contributed by atoms with van der Waals surface area (Å²) in [6.07, 6.45) is -4.50. The Kier molecular flexibility index (Phi) is 3.75. The maximum atomic E-state index is 13.0. The summed E-state index contributed by atoms with van der Waals surface area (Å²) in [6.45, 7) is 1.07. The van der Waals surface area contributed by atoms with E-state index in [1.54, 1.807) is 5.38 Å². The first-order valence-electron chi connectivity index (χ1n) is 7.48. The van der Waals surface area contributed by atoms with Crippen LogP contribution >= 0.6 is 11.3 Å². The first-order valence-corrected chi connectivity index (χ1v) is 8.36. The van der Waals surface area contributed by atoms with E-state index in [9.17, 15) is 18.0 Å². The molecule has 25 heavy (non-hydrogen) atoms. The SMILES string of the molecule is O=C(c1scc2c1OCCO2)N1CCOc2ccc(C(F)(F)F)cc21. The van der Waals surface area contributed by atoms with Crippen LogP contribution in [0.4, 0.5) is 18.9 Å². The molecule has 1 aromatic heterocycles. The molecule has 2 aromatic rings. The number of carbonyl (C=O) groups is 1. The van der Waals surface area contributed by atoms with Gasteiger partial charge in [-0.3, -0.25) is 4.79 Å². The topological polar surface area (TPSA) is 48.0 Å². The van der Waals surface area contributed by atoms with E-state index in [1.807, 2.05) is 0 Å². The van der Waals surface area contributed by atoms with Gasteiger partial charge in [0.1, 0.15) is 30.4 Å². The molecule has 0 unspecified atom stereocenters. The summed E-state index contributed by atoms with van der Waals surface area (Å²) in [4.78, 5) is 14.5. The standard InChI is InChI=1S/C16H12F3NO4S/c17-16(18,19)9-1-2-11-10(7-9)20(3-4-22-11)15(21)14-13-12(8-25-14)23-5-6-24-13/h1-2,7-8H,3-6H2. The van der Waals surface area contributed by atoms with Crippen LogP contribution in [0.2, 0.25) is 0 Å². The summed E-state index contributed by atoms with van der Waals surface area (Å²) in [5.74, 6) is 0.647. The van der Waals surface area contributed by atoms with Gasteiger partial charge in [-0.25, -0.2) is 0 Å². The van der Waals surface area contributed by atoms with Gasteiger partial charge in [-0.05, 0) is 18.2 Å². The Hall–Kier alpha value is -2.42. The largest absolute Gasteiger partial charge is 0.490 e. The highest BCUT2D eigenvalue weighted by atomic mass is 32.1. The van der Waals surface area contributed by atoms with Crippen LogP contribution in [-0.2, 0) is 6.18 Å². The number of anilines is 1. The Morgan fingerprint density at radius 1 is 1.08 bits per heavy atom. The number of thiophene rings is 1. The average Bonchev–Trinajstić information content (AvgIpc) is 3.03. The first kappa shape index (κ1) is 16.1. The van der Waals surface area contributed by atoms with E-state index in [0.29, 0.717) is 29.6 Å². The Bertz CT molecular complexity index is 833. The van der Waals surface area contributed by atoms with Crippen LogP contribution in [0.15, 0.2) is 23.6 Å². The van der Waals surface area contributed by atoms with Gasteiger partial charge >= 0.3 is 6.18 Å². The molecule has 2 aliphatic heterocycles. The highest BCUT2D eigenvalue weighted by Crippen LogP contribution is 2.43. The molecule has 0 radical (unpaired) electrons. The molecule has 0 N–H and O–H groups in total. The highest BCUT2D eigenvalue weighted by molar-refractivity contribution is 7.13. The number of rotatable bonds is 1. The van der Waals surface area contributed by atoms with Gasteiger partial charge in [0.05, 0.1) is 17.8 Å². The lowest BCUT2D eigenvalue weighted by Gasteiger charge is -2.30. The van der Waals surface area contributed by atoms with Crippen LogP contribution in [0.25, 0.3) is 0 Å². The molecule has 132 valence electrons. The minimum atomic E-state index is -4.50. The van der Waals surface area contributed by atoms with Gasteiger partial charge in [-0.1, -0.05) is 0 Å². The van der Waals surface area contributed by atoms with Crippen molar-refractivity contribution in [2.75, 3.05) is 31.3 Å². The molecule has 0 atom stereocenters. The summed E-state index contributed by atoms with van der Waals surface area (Å²) >= 11 is 1.15. The molecule has 9 heteroatoms. The van der Waals surface area contributed by atoms with Crippen molar-refractivity contribution in [2.45, 2.75) is 6.18 Å². The quantitative estimate of drug-likeness (QED) is 0.769. The summed E-state index contributed by atoms with van der Waals surface area (Å²) in [5, 5.41) is 1.66. The second-order valence-corrected chi connectivity index (χ2v) is 6.32. The molecule has 2 aliphatic rings. The lowest BCUT2D eigenvalue weighted by Crippen LogP contribution is -2.38. The van der Waals surface area contributed by atoms with Crippen molar-refractivity contribution in [2.24, 2.45) is 0 Å². The smallest absolute Gasteiger partial charge is 0.416 e. The molecule has 3 heterocycles. The van der Waals surface area contributed by atoms with Crippen LogP contribution in [0.1, 0.15) is 15.2 Å². The summed E-state index contributed by atoms with van der Waals surface area (Å²) in [6, 6.07) is 3.11. The lowest BCUT2D eigenvalue weighted by atomic mass is 10.1. The second-order valence-electron chi connectivity index (χ2n) is 5.44. The van der Waals surface area contributed by atoms with Crippen LogP contribution in [0, 0.1) is 0 Å². The van der Waals surface area contributed by atoms with Crippen molar-refractivity contribution in [3.05, 3.63) is 34.0 Å². The van der Waals surface area contributed by atoms with Crippen LogP contribution in [0.5, 0.6) is 17.2 Å². The Morgan fingerprint density at radius 3 is 2.64 bits per heavy atom. The molecular weight excluding hydrogens is 359 g/mol. The minimum absolute atomic E-state index is 0.102. The zero-order chi connectivity index (χ0) is 17.6. The number of hydrogen-bond donors (Lipinski definition) is 0. The third kappa shape index (κ3) is 2.78.